The normalized spacial score (nSPS) is 20.1. The number of hydrogen-bond acceptors (Lipinski definition) is 2. The summed E-state index contributed by atoms with van der Waals surface area (Å²) in [5.74, 6) is 0.00620. The standard InChI is InChI=1S/C13H19ClN2O2/c1-2-6-18-11-4-3-5-16(9-11)13(17)12-7-10(14)8-15-12/h7-8,11,15H,2-6,9H2,1H3. The van der Waals surface area contributed by atoms with Gasteiger partial charge in [0.05, 0.1) is 11.1 Å². The number of nitrogens with one attached hydrogen (secondary N) is 1. The molecular weight excluding hydrogens is 252 g/mol. The molecule has 1 aromatic rings. The van der Waals surface area contributed by atoms with Crippen LogP contribution in [0.4, 0.5) is 0 Å². The van der Waals surface area contributed by atoms with Gasteiger partial charge in [-0.05, 0) is 25.3 Å². The molecule has 1 aromatic heterocycles. The summed E-state index contributed by atoms with van der Waals surface area (Å²) in [5, 5.41) is 0.564. The fraction of sp³-hybridized carbons (Fsp3) is 0.615. The number of aromatic nitrogens is 1. The van der Waals surface area contributed by atoms with Crippen molar-refractivity contribution in [3.05, 3.63) is 23.0 Å². The van der Waals surface area contributed by atoms with Gasteiger partial charge in [-0.3, -0.25) is 4.79 Å². The topological polar surface area (TPSA) is 45.3 Å². The van der Waals surface area contributed by atoms with Crippen molar-refractivity contribution in [3.8, 4) is 0 Å². The lowest BCUT2D eigenvalue weighted by atomic mass is 10.1. The third-order valence-corrected chi connectivity index (χ3v) is 3.32. The zero-order chi connectivity index (χ0) is 13.0. The molecule has 1 amide bonds. The molecule has 1 fully saturated rings. The van der Waals surface area contributed by atoms with Crippen molar-refractivity contribution in [1.29, 1.82) is 0 Å². The number of carbonyl (C=O) groups excluding carboxylic acids is 1. The average Bonchev–Trinajstić information content (AvgIpc) is 2.82. The molecule has 0 saturated carbocycles. The molecule has 100 valence electrons. The number of amides is 1. The molecule has 1 aliphatic heterocycles. The van der Waals surface area contributed by atoms with Crippen molar-refractivity contribution in [3.63, 3.8) is 0 Å². The molecule has 0 radical (unpaired) electrons. The summed E-state index contributed by atoms with van der Waals surface area (Å²) >= 11 is 5.81. The van der Waals surface area contributed by atoms with Crippen LogP contribution in [0.15, 0.2) is 12.3 Å². The average molecular weight is 271 g/mol. The van der Waals surface area contributed by atoms with Crippen LogP contribution in [0.25, 0.3) is 0 Å². The second kappa shape index (κ2) is 6.25. The summed E-state index contributed by atoms with van der Waals surface area (Å²) in [6.07, 6.45) is 4.85. The molecule has 1 N–H and O–H groups in total. The predicted molar refractivity (Wildman–Crippen MR) is 71.0 cm³/mol. The third-order valence-electron chi connectivity index (χ3n) is 3.10. The van der Waals surface area contributed by atoms with E-state index >= 15 is 0 Å². The maximum Gasteiger partial charge on any atom is 0.270 e. The summed E-state index contributed by atoms with van der Waals surface area (Å²) < 4.78 is 5.72. The highest BCUT2D eigenvalue weighted by molar-refractivity contribution is 6.30. The molecule has 1 atom stereocenters. The Morgan fingerprint density at radius 2 is 2.50 bits per heavy atom. The molecule has 0 aromatic carbocycles. The Kier molecular flexibility index (Phi) is 4.66. The van der Waals surface area contributed by atoms with Gasteiger partial charge < -0.3 is 14.6 Å². The minimum Gasteiger partial charge on any atom is -0.376 e. The van der Waals surface area contributed by atoms with Crippen LogP contribution in [-0.2, 0) is 4.74 Å². The van der Waals surface area contributed by atoms with E-state index in [1.54, 1.807) is 12.3 Å². The fourth-order valence-electron chi connectivity index (χ4n) is 2.20. The Balaban J connectivity index is 1.94. The first-order chi connectivity index (χ1) is 8.70. The number of likely N-dealkylation sites (tertiary alicyclic amines) is 1. The number of ether oxygens (including phenoxy) is 1. The number of halogens is 1. The van der Waals surface area contributed by atoms with Crippen molar-refractivity contribution in [2.75, 3.05) is 19.7 Å². The lowest BCUT2D eigenvalue weighted by molar-refractivity contribution is 0.00194. The highest BCUT2D eigenvalue weighted by Crippen LogP contribution is 2.17. The summed E-state index contributed by atoms with van der Waals surface area (Å²) in [4.78, 5) is 16.9. The largest absolute Gasteiger partial charge is 0.376 e. The van der Waals surface area contributed by atoms with Gasteiger partial charge in [0.25, 0.3) is 5.91 Å². The minimum atomic E-state index is 0.00620. The fourth-order valence-corrected chi connectivity index (χ4v) is 2.37. The molecular formula is C13H19ClN2O2. The highest BCUT2D eigenvalue weighted by Gasteiger charge is 2.25. The van der Waals surface area contributed by atoms with Crippen LogP contribution in [-0.4, -0.2) is 41.6 Å². The van der Waals surface area contributed by atoms with Gasteiger partial charge in [0, 0.05) is 25.9 Å². The molecule has 18 heavy (non-hydrogen) atoms. The van der Waals surface area contributed by atoms with E-state index in [0.717, 1.165) is 32.4 Å². The number of aromatic amines is 1. The van der Waals surface area contributed by atoms with Crippen molar-refractivity contribution >= 4 is 17.5 Å². The number of nitrogens with zero attached hydrogens (tertiary/aromatic N) is 1. The van der Waals surface area contributed by atoms with E-state index in [4.69, 9.17) is 16.3 Å². The Bertz CT molecular complexity index is 405. The van der Waals surface area contributed by atoms with Crippen molar-refractivity contribution in [2.45, 2.75) is 32.3 Å². The molecule has 0 bridgehead atoms. The van der Waals surface area contributed by atoms with Crippen molar-refractivity contribution in [1.82, 2.24) is 9.88 Å². The van der Waals surface area contributed by atoms with E-state index in [2.05, 4.69) is 11.9 Å². The first kappa shape index (κ1) is 13.4. The van der Waals surface area contributed by atoms with Crippen LogP contribution in [0.3, 0.4) is 0 Å². The number of carbonyl (C=O) groups is 1. The molecule has 2 rings (SSSR count). The lowest BCUT2D eigenvalue weighted by Gasteiger charge is -2.32. The maximum absolute atomic E-state index is 12.2. The summed E-state index contributed by atoms with van der Waals surface area (Å²) in [6.45, 7) is 4.32. The first-order valence-electron chi connectivity index (χ1n) is 6.45. The summed E-state index contributed by atoms with van der Waals surface area (Å²) in [5.41, 5.74) is 0.552. The summed E-state index contributed by atoms with van der Waals surface area (Å²) in [7, 11) is 0. The van der Waals surface area contributed by atoms with Crippen molar-refractivity contribution < 1.29 is 9.53 Å². The maximum atomic E-state index is 12.2. The Hall–Kier alpha value is -1.00. The van der Waals surface area contributed by atoms with E-state index in [0.29, 0.717) is 17.3 Å². The molecule has 0 aliphatic carbocycles. The number of H-pyrrole nitrogens is 1. The zero-order valence-electron chi connectivity index (χ0n) is 10.6. The van der Waals surface area contributed by atoms with Crippen LogP contribution in [0.1, 0.15) is 36.7 Å². The zero-order valence-corrected chi connectivity index (χ0v) is 11.4. The van der Waals surface area contributed by atoms with Gasteiger partial charge in [-0.15, -0.1) is 0 Å². The summed E-state index contributed by atoms with van der Waals surface area (Å²) in [6, 6.07) is 1.67. The highest BCUT2D eigenvalue weighted by atomic mass is 35.5. The molecule has 1 aliphatic rings. The number of hydrogen-bond donors (Lipinski definition) is 1. The van der Waals surface area contributed by atoms with Crippen LogP contribution >= 0.6 is 11.6 Å². The second-order valence-electron chi connectivity index (χ2n) is 4.62. The third kappa shape index (κ3) is 3.27. The van der Waals surface area contributed by atoms with Gasteiger partial charge in [-0.25, -0.2) is 0 Å². The van der Waals surface area contributed by atoms with Gasteiger partial charge >= 0.3 is 0 Å². The van der Waals surface area contributed by atoms with Crippen LogP contribution < -0.4 is 0 Å². The van der Waals surface area contributed by atoms with Gasteiger partial charge in [0.2, 0.25) is 0 Å². The quantitative estimate of drug-likeness (QED) is 0.914. The molecule has 5 heteroatoms. The van der Waals surface area contributed by atoms with Gasteiger partial charge in [0.15, 0.2) is 0 Å². The lowest BCUT2D eigenvalue weighted by Crippen LogP contribution is -2.43. The minimum absolute atomic E-state index is 0.00620. The predicted octanol–water partition coefficient (Wildman–Crippen LogP) is 2.70. The van der Waals surface area contributed by atoms with Crippen LogP contribution in [0, 0.1) is 0 Å². The molecule has 4 nitrogen and oxygen atoms in total. The molecule has 1 saturated heterocycles. The van der Waals surface area contributed by atoms with Gasteiger partial charge in [-0.2, -0.15) is 0 Å². The van der Waals surface area contributed by atoms with E-state index in [1.807, 2.05) is 4.90 Å². The first-order valence-corrected chi connectivity index (χ1v) is 6.83. The number of piperidine rings is 1. The second-order valence-corrected chi connectivity index (χ2v) is 5.05. The Morgan fingerprint density at radius 1 is 1.67 bits per heavy atom. The van der Waals surface area contributed by atoms with Gasteiger partial charge in [0.1, 0.15) is 5.69 Å². The Morgan fingerprint density at radius 3 is 3.17 bits per heavy atom. The SMILES string of the molecule is CCCOC1CCCN(C(=O)c2cc(Cl)c[nH]2)C1. The van der Waals surface area contributed by atoms with E-state index in [1.165, 1.54) is 0 Å². The molecule has 0 spiro atoms. The monoisotopic (exact) mass is 270 g/mol. The number of rotatable bonds is 4. The van der Waals surface area contributed by atoms with Crippen molar-refractivity contribution in [2.24, 2.45) is 0 Å². The van der Waals surface area contributed by atoms with E-state index in [9.17, 15) is 4.79 Å². The Labute approximate surface area is 112 Å². The molecule has 2 heterocycles. The van der Waals surface area contributed by atoms with E-state index < -0.39 is 0 Å². The van der Waals surface area contributed by atoms with E-state index in [-0.39, 0.29) is 12.0 Å². The van der Waals surface area contributed by atoms with Crippen LogP contribution in [0.5, 0.6) is 0 Å². The van der Waals surface area contributed by atoms with Gasteiger partial charge in [-0.1, -0.05) is 18.5 Å². The molecule has 1 unspecified atom stereocenters. The smallest absolute Gasteiger partial charge is 0.270 e. The van der Waals surface area contributed by atoms with Crippen LogP contribution in [0.2, 0.25) is 5.02 Å².